The number of hydrogen-bond acceptors (Lipinski definition) is 7. The average Bonchev–Trinajstić information content (AvgIpc) is 3.04. The quantitative estimate of drug-likeness (QED) is 0.690. The summed E-state index contributed by atoms with van der Waals surface area (Å²) in [4.78, 5) is 14.9. The predicted molar refractivity (Wildman–Crippen MR) is 115 cm³/mol. The molecular weight excluding hydrogens is 366 g/mol. The van der Waals surface area contributed by atoms with Crippen molar-refractivity contribution in [1.29, 1.82) is 0 Å². The van der Waals surface area contributed by atoms with Crippen molar-refractivity contribution in [2.45, 2.75) is 25.5 Å². The molecule has 2 aromatic rings. The first-order valence-corrected chi connectivity index (χ1v) is 10.1. The molecule has 1 N–H and O–H groups in total. The zero-order valence-electron chi connectivity index (χ0n) is 18.0. The highest BCUT2D eigenvalue weighted by atomic mass is 16.5. The van der Waals surface area contributed by atoms with Gasteiger partial charge in [-0.05, 0) is 52.2 Å². The van der Waals surface area contributed by atoms with Crippen LogP contribution < -0.4 is 9.64 Å². The van der Waals surface area contributed by atoms with E-state index in [1.165, 1.54) is 5.56 Å². The van der Waals surface area contributed by atoms with Crippen LogP contribution in [0.5, 0.6) is 5.75 Å². The smallest absolute Gasteiger partial charge is 0.132 e. The second kappa shape index (κ2) is 9.52. The number of aromatic nitrogens is 2. The molecule has 0 unspecified atom stereocenters. The molecule has 7 nitrogen and oxygen atoms in total. The van der Waals surface area contributed by atoms with Crippen LogP contribution in [0.1, 0.15) is 17.7 Å². The zero-order valence-corrected chi connectivity index (χ0v) is 18.0. The van der Waals surface area contributed by atoms with Gasteiger partial charge in [-0.25, -0.2) is 9.97 Å². The van der Waals surface area contributed by atoms with Gasteiger partial charge in [-0.3, -0.25) is 4.90 Å². The van der Waals surface area contributed by atoms with Gasteiger partial charge >= 0.3 is 0 Å². The lowest BCUT2D eigenvalue weighted by Gasteiger charge is -2.29. The maximum absolute atomic E-state index is 11.1. The number of hydrogen-bond donors (Lipinski definition) is 1. The molecule has 2 heterocycles. The number of rotatable bonds is 9. The van der Waals surface area contributed by atoms with Crippen LogP contribution in [0.15, 0.2) is 36.7 Å². The summed E-state index contributed by atoms with van der Waals surface area (Å²) < 4.78 is 5.75. The van der Waals surface area contributed by atoms with Crippen molar-refractivity contribution in [2.75, 3.05) is 58.8 Å². The SMILES string of the molecule is Cc1cc(N2CC[C@@](O)(CN(C)Cc3ccc(OCCN(C)C)cc3)C2)ncn1. The van der Waals surface area contributed by atoms with Crippen LogP contribution in [0.3, 0.4) is 0 Å². The molecule has 1 aliphatic heterocycles. The van der Waals surface area contributed by atoms with E-state index in [1.807, 2.05) is 39.2 Å². The molecule has 7 heteroatoms. The topological polar surface area (TPSA) is 65.0 Å². The lowest BCUT2D eigenvalue weighted by Crippen LogP contribution is -2.43. The second-order valence-corrected chi connectivity index (χ2v) is 8.38. The second-order valence-electron chi connectivity index (χ2n) is 8.38. The molecule has 0 amide bonds. The third-order valence-corrected chi connectivity index (χ3v) is 5.19. The molecule has 1 aliphatic rings. The highest BCUT2D eigenvalue weighted by Crippen LogP contribution is 2.26. The van der Waals surface area contributed by atoms with E-state index in [1.54, 1.807) is 6.33 Å². The van der Waals surface area contributed by atoms with Gasteiger partial charge in [0.1, 0.15) is 24.5 Å². The molecule has 1 aromatic heterocycles. The van der Waals surface area contributed by atoms with Crippen molar-refractivity contribution in [3.8, 4) is 5.75 Å². The van der Waals surface area contributed by atoms with Crippen LogP contribution in [0.2, 0.25) is 0 Å². The lowest BCUT2D eigenvalue weighted by atomic mass is 10.0. The maximum atomic E-state index is 11.1. The van der Waals surface area contributed by atoms with Crippen LogP contribution >= 0.6 is 0 Å². The van der Waals surface area contributed by atoms with Gasteiger partial charge in [0.05, 0.1) is 5.60 Å². The largest absolute Gasteiger partial charge is 0.492 e. The number of ether oxygens (including phenoxy) is 1. The Bertz CT molecular complexity index is 783. The van der Waals surface area contributed by atoms with Gasteiger partial charge in [0.15, 0.2) is 0 Å². The summed E-state index contributed by atoms with van der Waals surface area (Å²) in [5.74, 6) is 1.78. The molecule has 29 heavy (non-hydrogen) atoms. The van der Waals surface area contributed by atoms with Crippen molar-refractivity contribution in [1.82, 2.24) is 19.8 Å². The van der Waals surface area contributed by atoms with Gasteiger partial charge in [0, 0.05) is 44.5 Å². The van der Waals surface area contributed by atoms with Crippen molar-refractivity contribution in [2.24, 2.45) is 0 Å². The van der Waals surface area contributed by atoms with Gasteiger partial charge in [0.25, 0.3) is 0 Å². The third kappa shape index (κ3) is 6.39. The van der Waals surface area contributed by atoms with Crippen LogP contribution in [0.25, 0.3) is 0 Å². The average molecular weight is 400 g/mol. The highest BCUT2D eigenvalue weighted by Gasteiger charge is 2.37. The van der Waals surface area contributed by atoms with E-state index in [-0.39, 0.29) is 0 Å². The summed E-state index contributed by atoms with van der Waals surface area (Å²) in [6.45, 7) is 6.34. The first-order chi connectivity index (χ1) is 13.8. The fourth-order valence-corrected chi connectivity index (χ4v) is 3.70. The van der Waals surface area contributed by atoms with Crippen LogP contribution in [0, 0.1) is 6.92 Å². The van der Waals surface area contributed by atoms with Gasteiger partial charge in [-0.2, -0.15) is 0 Å². The van der Waals surface area contributed by atoms with Crippen molar-refractivity contribution >= 4 is 5.82 Å². The predicted octanol–water partition coefficient (Wildman–Crippen LogP) is 1.80. The van der Waals surface area contributed by atoms with E-state index < -0.39 is 5.60 Å². The molecule has 1 fully saturated rings. The van der Waals surface area contributed by atoms with E-state index >= 15 is 0 Å². The van der Waals surface area contributed by atoms with Crippen LogP contribution in [0.4, 0.5) is 5.82 Å². The zero-order chi connectivity index (χ0) is 20.9. The Morgan fingerprint density at radius 2 is 1.93 bits per heavy atom. The number of anilines is 1. The Morgan fingerprint density at radius 3 is 2.62 bits per heavy atom. The summed E-state index contributed by atoms with van der Waals surface area (Å²) in [5, 5.41) is 11.1. The molecule has 1 atom stereocenters. The van der Waals surface area contributed by atoms with Gasteiger partial charge < -0.3 is 19.6 Å². The summed E-state index contributed by atoms with van der Waals surface area (Å²) in [7, 11) is 6.12. The first-order valence-electron chi connectivity index (χ1n) is 10.1. The summed E-state index contributed by atoms with van der Waals surface area (Å²) >= 11 is 0. The van der Waals surface area contributed by atoms with Crippen molar-refractivity contribution < 1.29 is 9.84 Å². The van der Waals surface area contributed by atoms with E-state index in [0.29, 0.717) is 19.7 Å². The van der Waals surface area contributed by atoms with E-state index in [0.717, 1.165) is 43.3 Å². The van der Waals surface area contributed by atoms with Crippen molar-refractivity contribution in [3.05, 3.63) is 47.9 Å². The number of aryl methyl sites for hydroxylation is 1. The lowest BCUT2D eigenvalue weighted by molar-refractivity contribution is 0.0279. The molecule has 0 saturated carbocycles. The number of β-amino-alcohol motifs (C(OH)–C–C–N with tert-alkyl or cyclic N) is 1. The molecule has 1 aromatic carbocycles. The summed E-state index contributed by atoms with van der Waals surface area (Å²) in [5.41, 5.74) is 1.41. The fraction of sp³-hybridized carbons (Fsp3) is 0.545. The van der Waals surface area contributed by atoms with Gasteiger partial charge in [-0.15, -0.1) is 0 Å². The fourth-order valence-electron chi connectivity index (χ4n) is 3.70. The third-order valence-electron chi connectivity index (χ3n) is 5.19. The minimum Gasteiger partial charge on any atom is -0.492 e. The number of likely N-dealkylation sites (N-methyl/N-ethyl adjacent to an activating group) is 2. The Kier molecular flexibility index (Phi) is 7.05. The maximum Gasteiger partial charge on any atom is 0.132 e. The first kappa shape index (κ1) is 21.5. The Morgan fingerprint density at radius 1 is 1.17 bits per heavy atom. The number of benzene rings is 1. The molecule has 0 radical (unpaired) electrons. The Labute approximate surface area is 173 Å². The normalized spacial score (nSPS) is 19.3. The summed E-state index contributed by atoms with van der Waals surface area (Å²) in [6, 6.07) is 10.2. The minimum atomic E-state index is -0.733. The number of nitrogens with zero attached hydrogens (tertiary/aromatic N) is 5. The van der Waals surface area contributed by atoms with Gasteiger partial charge in [0.2, 0.25) is 0 Å². The van der Waals surface area contributed by atoms with Gasteiger partial charge in [-0.1, -0.05) is 12.1 Å². The van der Waals surface area contributed by atoms with Crippen molar-refractivity contribution in [3.63, 3.8) is 0 Å². The molecule has 0 spiro atoms. The van der Waals surface area contributed by atoms with Crippen LogP contribution in [-0.2, 0) is 6.54 Å². The highest BCUT2D eigenvalue weighted by molar-refractivity contribution is 5.41. The minimum absolute atomic E-state index is 0.590. The van der Waals surface area contributed by atoms with E-state index in [4.69, 9.17) is 4.74 Å². The molecule has 158 valence electrons. The summed E-state index contributed by atoms with van der Waals surface area (Å²) in [6.07, 6.45) is 2.32. The monoisotopic (exact) mass is 399 g/mol. The number of aliphatic hydroxyl groups is 1. The molecule has 0 bridgehead atoms. The van der Waals surface area contributed by atoms with E-state index in [2.05, 4.69) is 43.8 Å². The molecule has 3 rings (SSSR count). The Hall–Kier alpha value is -2.22. The van der Waals surface area contributed by atoms with Crippen LogP contribution in [-0.4, -0.2) is 84.4 Å². The molecule has 0 aliphatic carbocycles. The standard InChI is InChI=1S/C22H33N5O2/c1-18-13-21(24-17-23-18)27-10-9-22(28,16-27)15-26(4)14-19-5-7-20(8-6-19)29-12-11-25(2)3/h5-8,13,17,28H,9-12,14-16H2,1-4H3/t22-/m1/s1. The van der Waals surface area contributed by atoms with E-state index in [9.17, 15) is 5.11 Å². The Balaban J connectivity index is 1.49. The molecule has 1 saturated heterocycles. The molecular formula is C22H33N5O2.